The quantitative estimate of drug-likeness (QED) is 0.451. The van der Waals surface area contributed by atoms with Crippen LogP contribution in [0.1, 0.15) is 37.3 Å². The van der Waals surface area contributed by atoms with Gasteiger partial charge in [-0.15, -0.1) is 0 Å². The molecule has 1 atom stereocenters. The number of benzene rings is 2. The number of carbonyl (C=O) groups is 1. The molecular formula is C27H30N4O3. The molecule has 2 aromatic heterocycles. The number of likely N-dealkylation sites (tertiary alicyclic amines) is 1. The van der Waals surface area contributed by atoms with E-state index in [0.717, 1.165) is 53.6 Å². The third-order valence-electron chi connectivity index (χ3n) is 6.91. The first kappa shape index (κ1) is 22.2. The van der Waals surface area contributed by atoms with Crippen molar-refractivity contribution in [2.24, 2.45) is 0 Å². The summed E-state index contributed by atoms with van der Waals surface area (Å²) < 4.78 is 8.71. The lowest BCUT2D eigenvalue weighted by Gasteiger charge is -2.33. The van der Waals surface area contributed by atoms with E-state index in [1.54, 1.807) is 18.0 Å². The molecule has 2 aromatic carbocycles. The average molecular weight is 459 g/mol. The Bertz CT molecular complexity index is 1420. The van der Waals surface area contributed by atoms with Gasteiger partial charge in [0.1, 0.15) is 23.3 Å². The van der Waals surface area contributed by atoms with Gasteiger partial charge in [0.15, 0.2) is 0 Å². The number of fused-ring (bicyclic) bond motifs is 3. The van der Waals surface area contributed by atoms with Crippen molar-refractivity contribution >= 4 is 27.8 Å². The van der Waals surface area contributed by atoms with Crippen molar-refractivity contribution < 1.29 is 9.53 Å². The lowest BCUT2D eigenvalue weighted by atomic mass is 10.0. The van der Waals surface area contributed by atoms with Gasteiger partial charge < -0.3 is 14.2 Å². The molecule has 3 heterocycles. The monoisotopic (exact) mass is 458 g/mol. The SMILES string of the molecule is COc1ccc(Cn2cnc3c4cc(C)ccc4n(CC(=O)N4CCCCC4C)c3c2=O)cc1. The van der Waals surface area contributed by atoms with Gasteiger partial charge in [-0.05, 0) is 62.9 Å². The normalized spacial score (nSPS) is 16.3. The van der Waals surface area contributed by atoms with E-state index in [1.807, 2.05) is 58.9 Å². The molecule has 5 rings (SSSR count). The number of piperidine rings is 1. The van der Waals surface area contributed by atoms with Crippen LogP contribution in [0.2, 0.25) is 0 Å². The molecule has 0 radical (unpaired) electrons. The third kappa shape index (κ3) is 3.95. The maximum Gasteiger partial charge on any atom is 0.278 e. The zero-order valence-corrected chi connectivity index (χ0v) is 20.0. The zero-order chi connectivity index (χ0) is 23.8. The van der Waals surface area contributed by atoms with Crippen molar-refractivity contribution in [3.05, 3.63) is 70.3 Å². The van der Waals surface area contributed by atoms with Crippen molar-refractivity contribution in [1.82, 2.24) is 19.0 Å². The Hall–Kier alpha value is -3.61. The molecule has 1 unspecified atom stereocenters. The highest BCUT2D eigenvalue weighted by Gasteiger charge is 2.25. The van der Waals surface area contributed by atoms with Gasteiger partial charge in [-0.3, -0.25) is 14.2 Å². The molecule has 0 aliphatic carbocycles. The predicted octanol–water partition coefficient (Wildman–Crippen LogP) is 4.12. The van der Waals surface area contributed by atoms with Crippen LogP contribution in [0.25, 0.3) is 21.9 Å². The largest absolute Gasteiger partial charge is 0.497 e. The molecular weight excluding hydrogens is 428 g/mol. The van der Waals surface area contributed by atoms with Crippen LogP contribution < -0.4 is 10.3 Å². The number of nitrogens with zero attached hydrogens (tertiary/aromatic N) is 4. The van der Waals surface area contributed by atoms with E-state index in [-0.39, 0.29) is 24.1 Å². The second-order valence-corrected chi connectivity index (χ2v) is 9.26. The maximum absolute atomic E-state index is 13.7. The van der Waals surface area contributed by atoms with Crippen molar-refractivity contribution in [2.45, 2.75) is 52.2 Å². The van der Waals surface area contributed by atoms with Crippen molar-refractivity contribution in [3.8, 4) is 5.75 Å². The molecule has 0 saturated carbocycles. The summed E-state index contributed by atoms with van der Waals surface area (Å²) in [4.78, 5) is 33.7. The topological polar surface area (TPSA) is 69.4 Å². The van der Waals surface area contributed by atoms with Crippen molar-refractivity contribution in [3.63, 3.8) is 0 Å². The smallest absolute Gasteiger partial charge is 0.278 e. The van der Waals surface area contributed by atoms with Crippen LogP contribution in [-0.2, 0) is 17.9 Å². The van der Waals surface area contributed by atoms with Gasteiger partial charge in [-0.2, -0.15) is 0 Å². The number of carbonyl (C=O) groups excluding carboxylic acids is 1. The predicted molar refractivity (Wildman–Crippen MR) is 133 cm³/mol. The zero-order valence-electron chi connectivity index (χ0n) is 20.0. The highest BCUT2D eigenvalue weighted by molar-refractivity contribution is 6.06. The van der Waals surface area contributed by atoms with Gasteiger partial charge in [0.25, 0.3) is 5.56 Å². The van der Waals surface area contributed by atoms with E-state index >= 15 is 0 Å². The molecule has 34 heavy (non-hydrogen) atoms. The Morgan fingerprint density at radius 2 is 1.94 bits per heavy atom. The molecule has 176 valence electrons. The van der Waals surface area contributed by atoms with Crippen molar-refractivity contribution in [2.75, 3.05) is 13.7 Å². The number of aryl methyl sites for hydroxylation is 1. The summed E-state index contributed by atoms with van der Waals surface area (Å²) in [6.07, 6.45) is 4.81. The number of methoxy groups -OCH3 is 1. The second-order valence-electron chi connectivity index (χ2n) is 9.26. The minimum atomic E-state index is -0.144. The minimum absolute atomic E-state index is 0.0523. The molecule has 1 aliphatic rings. The Kier molecular flexibility index (Phi) is 5.86. The summed E-state index contributed by atoms with van der Waals surface area (Å²) in [5.41, 5.74) is 3.91. The van der Waals surface area contributed by atoms with Gasteiger partial charge in [0.05, 0.1) is 25.5 Å². The third-order valence-corrected chi connectivity index (χ3v) is 6.91. The molecule has 0 N–H and O–H groups in total. The summed E-state index contributed by atoms with van der Waals surface area (Å²) in [7, 11) is 1.63. The average Bonchev–Trinajstić information content (AvgIpc) is 3.14. The van der Waals surface area contributed by atoms with Crippen LogP contribution in [0, 0.1) is 6.92 Å². The number of ether oxygens (including phenoxy) is 1. The summed E-state index contributed by atoms with van der Waals surface area (Å²) in [5.74, 6) is 0.821. The van der Waals surface area contributed by atoms with Crippen LogP contribution in [-0.4, -0.2) is 44.6 Å². The van der Waals surface area contributed by atoms with Gasteiger partial charge in [-0.25, -0.2) is 4.98 Å². The van der Waals surface area contributed by atoms with Crippen LogP contribution in [0.5, 0.6) is 5.75 Å². The fourth-order valence-corrected chi connectivity index (χ4v) is 5.01. The number of hydrogen-bond acceptors (Lipinski definition) is 4. The van der Waals surface area contributed by atoms with E-state index in [2.05, 4.69) is 11.9 Å². The Morgan fingerprint density at radius 1 is 1.15 bits per heavy atom. The molecule has 1 amide bonds. The van der Waals surface area contributed by atoms with Gasteiger partial charge in [-0.1, -0.05) is 23.8 Å². The van der Waals surface area contributed by atoms with E-state index < -0.39 is 0 Å². The molecule has 0 bridgehead atoms. The lowest BCUT2D eigenvalue weighted by Crippen LogP contribution is -2.43. The minimum Gasteiger partial charge on any atom is -0.497 e. The molecule has 1 fully saturated rings. The summed E-state index contributed by atoms with van der Waals surface area (Å²) in [5, 5.41) is 0.906. The highest BCUT2D eigenvalue weighted by Crippen LogP contribution is 2.27. The summed E-state index contributed by atoms with van der Waals surface area (Å²) >= 11 is 0. The Morgan fingerprint density at radius 3 is 2.68 bits per heavy atom. The molecule has 1 saturated heterocycles. The number of amides is 1. The number of hydrogen-bond donors (Lipinski definition) is 0. The molecule has 7 heteroatoms. The number of aromatic nitrogens is 3. The van der Waals surface area contributed by atoms with Crippen molar-refractivity contribution in [1.29, 1.82) is 0 Å². The Balaban J connectivity index is 1.60. The molecule has 7 nitrogen and oxygen atoms in total. The van der Waals surface area contributed by atoms with Gasteiger partial charge in [0, 0.05) is 18.0 Å². The lowest BCUT2D eigenvalue weighted by molar-refractivity contribution is -0.134. The Labute approximate surface area is 198 Å². The molecule has 0 spiro atoms. The fraction of sp³-hybridized carbons (Fsp3) is 0.370. The van der Waals surface area contributed by atoms with Crippen LogP contribution >= 0.6 is 0 Å². The van der Waals surface area contributed by atoms with Gasteiger partial charge in [0.2, 0.25) is 5.91 Å². The number of rotatable bonds is 5. The van der Waals surface area contributed by atoms with E-state index in [4.69, 9.17) is 4.74 Å². The molecule has 4 aromatic rings. The first-order chi connectivity index (χ1) is 16.5. The van der Waals surface area contributed by atoms with E-state index in [9.17, 15) is 9.59 Å². The van der Waals surface area contributed by atoms with Gasteiger partial charge >= 0.3 is 0 Å². The summed E-state index contributed by atoms with van der Waals surface area (Å²) in [6, 6.07) is 13.9. The second kappa shape index (κ2) is 8.97. The standard InChI is InChI=1S/C27H30N4O3/c1-18-7-12-23-22(14-18)25-26(31(23)16-24(32)30-13-5-4-6-19(30)2)27(33)29(17-28-25)15-20-8-10-21(34-3)11-9-20/h7-12,14,17,19H,4-6,13,15-16H2,1-3H3. The fourth-order valence-electron chi connectivity index (χ4n) is 5.01. The summed E-state index contributed by atoms with van der Waals surface area (Å²) in [6.45, 7) is 5.43. The van der Waals surface area contributed by atoms with Crippen LogP contribution in [0.15, 0.2) is 53.6 Å². The molecule has 1 aliphatic heterocycles. The first-order valence-electron chi connectivity index (χ1n) is 11.9. The van der Waals surface area contributed by atoms with E-state index in [1.165, 1.54) is 0 Å². The van der Waals surface area contributed by atoms with Crippen LogP contribution in [0.3, 0.4) is 0 Å². The highest BCUT2D eigenvalue weighted by atomic mass is 16.5. The maximum atomic E-state index is 13.7. The van der Waals surface area contributed by atoms with E-state index in [0.29, 0.717) is 17.6 Å². The first-order valence-corrected chi connectivity index (χ1v) is 11.9. The van der Waals surface area contributed by atoms with Crippen LogP contribution in [0.4, 0.5) is 0 Å².